The molecule has 104 valence electrons. The van der Waals surface area contributed by atoms with Gasteiger partial charge in [-0.15, -0.1) is 0 Å². The maximum Gasteiger partial charge on any atom is 0.312 e. The van der Waals surface area contributed by atoms with Crippen molar-refractivity contribution in [3.05, 3.63) is 35.4 Å². The zero-order chi connectivity index (χ0) is 14.1. The van der Waals surface area contributed by atoms with E-state index in [1.165, 1.54) is 12.7 Å². The van der Waals surface area contributed by atoms with Crippen molar-refractivity contribution in [3.8, 4) is 0 Å². The Morgan fingerprint density at radius 3 is 2.26 bits per heavy atom. The molecule has 1 aliphatic rings. The first-order chi connectivity index (χ1) is 8.98. The van der Waals surface area contributed by atoms with Crippen LogP contribution in [0.15, 0.2) is 24.3 Å². The number of carbonyl (C=O) groups excluding carboxylic acids is 1. The van der Waals surface area contributed by atoms with Gasteiger partial charge in [0, 0.05) is 0 Å². The van der Waals surface area contributed by atoms with Gasteiger partial charge in [-0.3, -0.25) is 4.79 Å². The summed E-state index contributed by atoms with van der Waals surface area (Å²) in [6, 6.07) is 8.49. The van der Waals surface area contributed by atoms with Gasteiger partial charge in [-0.1, -0.05) is 31.2 Å². The van der Waals surface area contributed by atoms with Crippen molar-refractivity contribution >= 4 is 5.97 Å². The number of hydrogen-bond donors (Lipinski definition) is 0. The topological polar surface area (TPSA) is 35.5 Å². The molecule has 1 aromatic carbocycles. The Hall–Kier alpha value is -1.35. The Bertz CT molecular complexity index is 455. The molecule has 3 nitrogen and oxygen atoms in total. The Morgan fingerprint density at radius 1 is 1.32 bits per heavy atom. The highest BCUT2D eigenvalue weighted by atomic mass is 16.5. The fourth-order valence-corrected chi connectivity index (χ4v) is 2.70. The summed E-state index contributed by atoms with van der Waals surface area (Å²) < 4.78 is 10.4. The van der Waals surface area contributed by atoms with Gasteiger partial charge in [-0.05, 0) is 31.4 Å². The Kier molecular flexibility index (Phi) is 3.68. The number of esters is 1. The van der Waals surface area contributed by atoms with Crippen molar-refractivity contribution in [3.63, 3.8) is 0 Å². The summed E-state index contributed by atoms with van der Waals surface area (Å²) >= 11 is 0. The summed E-state index contributed by atoms with van der Waals surface area (Å²) in [6.07, 6.45) is 1.02. The van der Waals surface area contributed by atoms with E-state index in [-0.39, 0.29) is 11.4 Å². The van der Waals surface area contributed by atoms with Crippen LogP contribution in [0.1, 0.15) is 31.9 Å². The molecule has 3 heteroatoms. The number of carbonyl (C=O) groups is 1. The molecule has 1 aliphatic heterocycles. The molecule has 0 atom stereocenters. The zero-order valence-electron chi connectivity index (χ0n) is 12.2. The number of hydrogen-bond acceptors (Lipinski definition) is 3. The normalized spacial score (nSPS) is 17.7. The molecule has 0 saturated carbocycles. The standard InChI is InChI=1S/C16H22O3/c1-5-12-6-8-13(9-7-12)16(10-19-11-16)15(2,3)14(17)18-4/h6-9H,5,10-11H2,1-4H3. The van der Waals surface area contributed by atoms with Crippen LogP contribution < -0.4 is 0 Å². The number of aryl methyl sites for hydroxylation is 1. The van der Waals surface area contributed by atoms with E-state index >= 15 is 0 Å². The first-order valence-corrected chi connectivity index (χ1v) is 6.73. The summed E-state index contributed by atoms with van der Waals surface area (Å²) in [6.45, 7) is 7.15. The molecule has 1 heterocycles. The second kappa shape index (κ2) is 4.97. The predicted molar refractivity (Wildman–Crippen MR) is 74.1 cm³/mol. The lowest BCUT2D eigenvalue weighted by molar-refractivity contribution is -0.174. The van der Waals surface area contributed by atoms with Crippen molar-refractivity contribution in [2.45, 2.75) is 32.6 Å². The fourth-order valence-electron chi connectivity index (χ4n) is 2.70. The van der Waals surface area contributed by atoms with Crippen LogP contribution in [0.5, 0.6) is 0 Å². The van der Waals surface area contributed by atoms with Crippen LogP contribution in [0, 0.1) is 5.41 Å². The Labute approximate surface area is 114 Å². The second-order valence-corrected chi connectivity index (χ2v) is 5.74. The Morgan fingerprint density at radius 2 is 1.89 bits per heavy atom. The van der Waals surface area contributed by atoms with Gasteiger partial charge >= 0.3 is 5.97 Å². The molecule has 0 radical (unpaired) electrons. The maximum absolute atomic E-state index is 12.1. The minimum absolute atomic E-state index is 0.185. The fraction of sp³-hybridized carbons (Fsp3) is 0.562. The molecule has 19 heavy (non-hydrogen) atoms. The number of ether oxygens (including phenoxy) is 2. The van der Waals surface area contributed by atoms with E-state index in [1.807, 2.05) is 13.8 Å². The van der Waals surface area contributed by atoms with E-state index in [9.17, 15) is 4.79 Å². The summed E-state index contributed by atoms with van der Waals surface area (Å²) in [5.74, 6) is -0.185. The molecule has 0 aromatic heterocycles. The van der Waals surface area contributed by atoms with E-state index in [0.29, 0.717) is 13.2 Å². The van der Waals surface area contributed by atoms with Crippen LogP contribution in [-0.2, 0) is 26.1 Å². The third-order valence-electron chi connectivity index (χ3n) is 4.50. The van der Waals surface area contributed by atoms with Gasteiger partial charge in [0.1, 0.15) is 0 Å². The molecule has 1 fully saturated rings. The lowest BCUT2D eigenvalue weighted by Gasteiger charge is -2.51. The molecule has 1 saturated heterocycles. The zero-order valence-corrected chi connectivity index (χ0v) is 12.2. The van der Waals surface area contributed by atoms with Crippen molar-refractivity contribution < 1.29 is 14.3 Å². The van der Waals surface area contributed by atoms with E-state index < -0.39 is 5.41 Å². The number of benzene rings is 1. The average Bonchev–Trinajstić information content (AvgIpc) is 2.36. The minimum Gasteiger partial charge on any atom is -0.469 e. The van der Waals surface area contributed by atoms with Crippen LogP contribution in [0.25, 0.3) is 0 Å². The van der Waals surface area contributed by atoms with Crippen molar-refractivity contribution in [1.29, 1.82) is 0 Å². The molecular weight excluding hydrogens is 240 g/mol. The van der Waals surface area contributed by atoms with Crippen molar-refractivity contribution in [2.24, 2.45) is 5.41 Å². The minimum atomic E-state index is -0.590. The quantitative estimate of drug-likeness (QED) is 0.783. The van der Waals surface area contributed by atoms with E-state index in [0.717, 1.165) is 12.0 Å². The first kappa shape index (κ1) is 14.1. The van der Waals surface area contributed by atoms with Crippen molar-refractivity contribution in [2.75, 3.05) is 20.3 Å². The molecule has 2 rings (SSSR count). The van der Waals surface area contributed by atoms with Crippen molar-refractivity contribution in [1.82, 2.24) is 0 Å². The van der Waals surface area contributed by atoms with E-state index in [4.69, 9.17) is 9.47 Å². The highest BCUT2D eigenvalue weighted by molar-refractivity contribution is 5.78. The van der Waals surface area contributed by atoms with Crippen LogP contribution in [-0.4, -0.2) is 26.3 Å². The summed E-state index contributed by atoms with van der Waals surface area (Å²) in [4.78, 5) is 12.1. The van der Waals surface area contributed by atoms with Gasteiger partial charge in [0.05, 0.1) is 31.2 Å². The van der Waals surface area contributed by atoms with Crippen LogP contribution in [0.2, 0.25) is 0 Å². The third-order valence-corrected chi connectivity index (χ3v) is 4.50. The van der Waals surface area contributed by atoms with Gasteiger partial charge in [0.15, 0.2) is 0 Å². The molecule has 0 bridgehead atoms. The molecule has 0 amide bonds. The van der Waals surface area contributed by atoms with Gasteiger partial charge in [-0.25, -0.2) is 0 Å². The monoisotopic (exact) mass is 262 g/mol. The van der Waals surface area contributed by atoms with E-state index in [1.54, 1.807) is 0 Å². The second-order valence-electron chi connectivity index (χ2n) is 5.74. The smallest absolute Gasteiger partial charge is 0.312 e. The summed E-state index contributed by atoms with van der Waals surface area (Å²) in [7, 11) is 1.44. The number of rotatable bonds is 4. The van der Waals surface area contributed by atoms with E-state index in [2.05, 4.69) is 31.2 Å². The maximum atomic E-state index is 12.1. The lowest BCUT2D eigenvalue weighted by Crippen LogP contribution is -2.60. The van der Waals surface area contributed by atoms with Crippen LogP contribution >= 0.6 is 0 Å². The molecule has 0 aliphatic carbocycles. The lowest BCUT2D eigenvalue weighted by atomic mass is 9.60. The van der Waals surface area contributed by atoms with Gasteiger partial charge in [0.25, 0.3) is 0 Å². The highest BCUT2D eigenvalue weighted by Gasteiger charge is 2.56. The average molecular weight is 262 g/mol. The van der Waals surface area contributed by atoms with Gasteiger partial charge in [0.2, 0.25) is 0 Å². The molecule has 0 spiro atoms. The van der Waals surface area contributed by atoms with Crippen LogP contribution in [0.4, 0.5) is 0 Å². The van der Waals surface area contributed by atoms with Crippen LogP contribution in [0.3, 0.4) is 0 Å². The van der Waals surface area contributed by atoms with Gasteiger partial charge < -0.3 is 9.47 Å². The predicted octanol–water partition coefficient (Wildman–Crippen LogP) is 2.72. The number of methoxy groups -OCH3 is 1. The van der Waals surface area contributed by atoms with Gasteiger partial charge in [-0.2, -0.15) is 0 Å². The molecule has 1 aromatic rings. The third kappa shape index (κ3) is 2.06. The molecular formula is C16H22O3. The summed E-state index contributed by atoms with van der Waals surface area (Å²) in [5, 5.41) is 0. The summed E-state index contributed by atoms with van der Waals surface area (Å²) in [5.41, 5.74) is 1.60. The largest absolute Gasteiger partial charge is 0.469 e. The first-order valence-electron chi connectivity index (χ1n) is 6.73. The molecule has 0 unspecified atom stereocenters. The Balaban J connectivity index is 2.39. The molecule has 0 N–H and O–H groups in total. The highest BCUT2D eigenvalue weighted by Crippen LogP contribution is 2.48. The SMILES string of the molecule is CCc1ccc(C2(C(C)(C)C(=O)OC)COC2)cc1.